The number of amides is 1. The van der Waals surface area contributed by atoms with E-state index in [-0.39, 0.29) is 5.91 Å². The number of benzene rings is 2. The Kier molecular flexibility index (Phi) is 4.86. The third-order valence-electron chi connectivity index (χ3n) is 2.72. The molecule has 0 aliphatic rings. The Morgan fingerprint density at radius 1 is 1.10 bits per heavy atom. The number of hydrogen-bond acceptors (Lipinski definition) is 2. The molecule has 2 aromatic rings. The van der Waals surface area contributed by atoms with Gasteiger partial charge in [-0.25, -0.2) is 0 Å². The number of halogens is 3. The lowest BCUT2D eigenvalue weighted by Crippen LogP contribution is -2.13. The van der Waals surface area contributed by atoms with Gasteiger partial charge in [0.05, 0.1) is 26.3 Å². The first-order valence-corrected chi connectivity index (χ1v) is 7.22. The van der Waals surface area contributed by atoms with Gasteiger partial charge in [0.2, 0.25) is 0 Å². The van der Waals surface area contributed by atoms with Gasteiger partial charge in [-0.15, -0.1) is 12.6 Å². The molecule has 0 atom stereocenters. The van der Waals surface area contributed by atoms with E-state index in [1.807, 2.05) is 6.92 Å². The smallest absolute Gasteiger partial charge is 0.257 e. The molecule has 6 heteroatoms. The summed E-state index contributed by atoms with van der Waals surface area (Å²) in [4.78, 5) is 12.9. The Morgan fingerprint density at radius 3 is 2.45 bits per heavy atom. The normalized spacial score (nSPS) is 10.4. The van der Waals surface area contributed by atoms with Gasteiger partial charge in [0, 0.05) is 4.90 Å². The Hall–Kier alpha value is -0.870. The third kappa shape index (κ3) is 3.23. The van der Waals surface area contributed by atoms with Crippen LogP contribution in [0.4, 0.5) is 5.69 Å². The van der Waals surface area contributed by atoms with Crippen molar-refractivity contribution in [3.05, 3.63) is 56.5 Å². The first-order chi connectivity index (χ1) is 9.40. The number of carbonyl (C=O) groups excluding carboxylic acids is 1. The second kappa shape index (κ2) is 6.27. The van der Waals surface area contributed by atoms with E-state index < -0.39 is 0 Å². The van der Waals surface area contributed by atoms with E-state index in [4.69, 9.17) is 34.8 Å². The van der Waals surface area contributed by atoms with Crippen molar-refractivity contribution in [2.45, 2.75) is 11.8 Å². The van der Waals surface area contributed by atoms with Crippen molar-refractivity contribution >= 4 is 59.0 Å². The summed E-state index contributed by atoms with van der Waals surface area (Å²) in [5.41, 5.74) is 1.51. The highest BCUT2D eigenvalue weighted by molar-refractivity contribution is 7.80. The number of nitrogens with one attached hydrogen (secondary N) is 1. The summed E-state index contributed by atoms with van der Waals surface area (Å²) in [6.45, 7) is 1.83. The van der Waals surface area contributed by atoms with Gasteiger partial charge < -0.3 is 5.32 Å². The van der Waals surface area contributed by atoms with E-state index in [1.54, 1.807) is 30.3 Å². The van der Waals surface area contributed by atoms with E-state index in [2.05, 4.69) is 17.9 Å². The van der Waals surface area contributed by atoms with Crippen molar-refractivity contribution in [3.63, 3.8) is 0 Å². The molecule has 0 unspecified atom stereocenters. The quantitative estimate of drug-likeness (QED) is 0.691. The Bertz CT molecular complexity index is 688. The molecule has 2 rings (SSSR count). The maximum atomic E-state index is 12.3. The minimum atomic E-state index is -0.389. The Balaban J connectivity index is 2.38. The highest BCUT2D eigenvalue weighted by atomic mass is 35.5. The van der Waals surface area contributed by atoms with Crippen LogP contribution >= 0.6 is 47.4 Å². The molecule has 0 aliphatic heterocycles. The molecule has 0 radical (unpaired) electrons. The lowest BCUT2D eigenvalue weighted by atomic mass is 10.2. The first-order valence-electron chi connectivity index (χ1n) is 5.64. The van der Waals surface area contributed by atoms with Crippen molar-refractivity contribution in [1.82, 2.24) is 0 Å². The molecule has 1 amide bonds. The highest BCUT2D eigenvalue weighted by Crippen LogP contribution is 2.33. The van der Waals surface area contributed by atoms with Gasteiger partial charge in [-0.05, 0) is 36.8 Å². The summed E-state index contributed by atoms with van der Waals surface area (Å²) < 4.78 is 0. The Morgan fingerprint density at radius 2 is 1.75 bits per heavy atom. The van der Waals surface area contributed by atoms with Crippen LogP contribution in [0.5, 0.6) is 0 Å². The molecular weight excluding hydrogens is 337 g/mol. The number of thiol groups is 1. The fourth-order valence-corrected chi connectivity index (χ4v) is 2.51. The SMILES string of the molecule is Cc1ccc(Cl)c(NC(=O)c2cc(S)ccc2Cl)c1Cl. The van der Waals surface area contributed by atoms with E-state index in [0.717, 1.165) is 5.56 Å². The number of anilines is 1. The van der Waals surface area contributed by atoms with Crippen molar-refractivity contribution in [2.24, 2.45) is 0 Å². The molecule has 20 heavy (non-hydrogen) atoms. The van der Waals surface area contributed by atoms with Crippen LogP contribution in [-0.2, 0) is 0 Å². The molecule has 104 valence electrons. The van der Waals surface area contributed by atoms with E-state index in [0.29, 0.717) is 31.2 Å². The van der Waals surface area contributed by atoms with Gasteiger partial charge in [0.25, 0.3) is 5.91 Å². The van der Waals surface area contributed by atoms with Crippen LogP contribution in [0.25, 0.3) is 0 Å². The van der Waals surface area contributed by atoms with Gasteiger partial charge in [0.15, 0.2) is 0 Å². The molecule has 1 N–H and O–H groups in total. The zero-order valence-electron chi connectivity index (χ0n) is 10.4. The lowest BCUT2D eigenvalue weighted by Gasteiger charge is -2.12. The van der Waals surface area contributed by atoms with Crippen molar-refractivity contribution < 1.29 is 4.79 Å². The standard InChI is InChI=1S/C14H10Cl3NOS/c1-7-2-4-11(16)13(12(7)17)18-14(19)9-6-8(20)3-5-10(9)15/h2-6,20H,1H3,(H,18,19). The molecule has 0 aromatic heterocycles. The molecular formula is C14H10Cl3NOS. The minimum Gasteiger partial charge on any atom is -0.319 e. The largest absolute Gasteiger partial charge is 0.319 e. The zero-order valence-corrected chi connectivity index (χ0v) is 13.5. The van der Waals surface area contributed by atoms with Crippen LogP contribution in [0.15, 0.2) is 35.2 Å². The molecule has 0 saturated carbocycles. The van der Waals surface area contributed by atoms with E-state index in [1.165, 1.54) is 0 Å². The molecule has 0 aliphatic carbocycles. The van der Waals surface area contributed by atoms with Crippen LogP contribution in [-0.4, -0.2) is 5.91 Å². The van der Waals surface area contributed by atoms with E-state index in [9.17, 15) is 4.79 Å². The highest BCUT2D eigenvalue weighted by Gasteiger charge is 2.15. The summed E-state index contributed by atoms with van der Waals surface area (Å²) >= 11 is 22.4. The van der Waals surface area contributed by atoms with Crippen LogP contribution in [0, 0.1) is 6.92 Å². The zero-order chi connectivity index (χ0) is 14.9. The van der Waals surface area contributed by atoms with Gasteiger partial charge in [-0.3, -0.25) is 4.79 Å². The monoisotopic (exact) mass is 345 g/mol. The molecule has 2 nitrogen and oxygen atoms in total. The number of carbonyl (C=O) groups is 1. The number of rotatable bonds is 2. The minimum absolute atomic E-state index is 0.313. The van der Waals surface area contributed by atoms with Crippen molar-refractivity contribution in [1.29, 1.82) is 0 Å². The van der Waals surface area contributed by atoms with Crippen LogP contribution in [0.3, 0.4) is 0 Å². The molecule has 0 spiro atoms. The van der Waals surface area contributed by atoms with Gasteiger partial charge >= 0.3 is 0 Å². The van der Waals surface area contributed by atoms with Crippen LogP contribution in [0.1, 0.15) is 15.9 Å². The number of aryl methyl sites for hydroxylation is 1. The summed E-state index contributed by atoms with van der Waals surface area (Å²) in [5, 5.41) is 3.79. The van der Waals surface area contributed by atoms with Gasteiger partial charge in [-0.1, -0.05) is 40.9 Å². The summed E-state index contributed by atoms with van der Waals surface area (Å²) in [6, 6.07) is 8.35. The fraction of sp³-hybridized carbons (Fsp3) is 0.0714. The topological polar surface area (TPSA) is 29.1 Å². The molecule has 0 fully saturated rings. The predicted molar refractivity (Wildman–Crippen MR) is 87.9 cm³/mol. The molecule has 2 aromatic carbocycles. The lowest BCUT2D eigenvalue weighted by molar-refractivity contribution is 0.102. The maximum Gasteiger partial charge on any atom is 0.257 e. The fourth-order valence-electron chi connectivity index (χ4n) is 1.64. The van der Waals surface area contributed by atoms with Crippen molar-refractivity contribution in [2.75, 3.05) is 5.32 Å². The second-order valence-electron chi connectivity index (χ2n) is 4.17. The summed E-state index contributed by atoms with van der Waals surface area (Å²) in [5.74, 6) is -0.389. The van der Waals surface area contributed by atoms with Gasteiger partial charge in [-0.2, -0.15) is 0 Å². The van der Waals surface area contributed by atoms with Gasteiger partial charge in [0.1, 0.15) is 0 Å². The summed E-state index contributed by atoms with van der Waals surface area (Å²) in [6.07, 6.45) is 0. The maximum absolute atomic E-state index is 12.3. The average molecular weight is 347 g/mol. The predicted octanol–water partition coefficient (Wildman–Crippen LogP) is 5.50. The molecule has 0 heterocycles. The Labute approximate surface area is 137 Å². The van der Waals surface area contributed by atoms with E-state index >= 15 is 0 Å². The third-order valence-corrected chi connectivity index (χ3v) is 4.13. The summed E-state index contributed by atoms with van der Waals surface area (Å²) in [7, 11) is 0. The van der Waals surface area contributed by atoms with Crippen LogP contribution in [0.2, 0.25) is 15.1 Å². The number of hydrogen-bond donors (Lipinski definition) is 2. The second-order valence-corrected chi connectivity index (χ2v) is 5.88. The first kappa shape index (κ1) is 15.5. The molecule has 0 saturated heterocycles. The average Bonchev–Trinajstić information content (AvgIpc) is 2.41. The van der Waals surface area contributed by atoms with Crippen LogP contribution < -0.4 is 5.32 Å². The van der Waals surface area contributed by atoms with Crippen molar-refractivity contribution in [3.8, 4) is 0 Å². The molecule has 0 bridgehead atoms.